The Balaban J connectivity index is 1.65. The molecule has 1 saturated carbocycles. The largest absolute Gasteiger partial charge is 0.314 e. The lowest BCUT2D eigenvalue weighted by Gasteiger charge is -2.13. The van der Waals surface area contributed by atoms with E-state index in [-0.39, 0.29) is 0 Å². The van der Waals surface area contributed by atoms with Crippen molar-refractivity contribution in [2.75, 3.05) is 6.54 Å². The molecule has 1 unspecified atom stereocenters. The van der Waals surface area contributed by atoms with Gasteiger partial charge in [-0.3, -0.25) is 0 Å². The first-order valence-electron chi connectivity index (χ1n) is 6.12. The zero-order valence-electron chi connectivity index (χ0n) is 9.58. The van der Waals surface area contributed by atoms with Crippen molar-refractivity contribution >= 4 is 0 Å². The van der Waals surface area contributed by atoms with Gasteiger partial charge in [0.05, 0.1) is 0 Å². The molecule has 0 saturated heterocycles. The topological polar surface area (TPSA) is 12.0 Å². The van der Waals surface area contributed by atoms with E-state index >= 15 is 0 Å². The van der Waals surface area contributed by atoms with Crippen LogP contribution in [-0.2, 0) is 6.42 Å². The lowest BCUT2D eigenvalue weighted by atomic mass is 10.1. The highest BCUT2D eigenvalue weighted by Crippen LogP contribution is 2.31. The van der Waals surface area contributed by atoms with Crippen LogP contribution in [0.3, 0.4) is 0 Å². The van der Waals surface area contributed by atoms with Gasteiger partial charge in [-0.25, -0.2) is 0 Å². The molecule has 0 heterocycles. The molecule has 15 heavy (non-hydrogen) atoms. The third kappa shape index (κ3) is 4.05. The Hall–Kier alpha value is -0.820. The molecular weight excluding hydrogens is 182 g/mol. The summed E-state index contributed by atoms with van der Waals surface area (Å²) in [5.74, 6) is 1.04. The van der Waals surface area contributed by atoms with Crippen LogP contribution in [0.25, 0.3) is 0 Å². The molecule has 0 aromatic heterocycles. The second kappa shape index (κ2) is 5.32. The van der Waals surface area contributed by atoms with Crippen molar-refractivity contribution in [2.45, 2.75) is 38.6 Å². The molecule has 0 spiro atoms. The van der Waals surface area contributed by atoms with Crippen molar-refractivity contribution in [3.8, 4) is 0 Å². The number of rotatable bonds is 6. The summed E-state index contributed by atoms with van der Waals surface area (Å²) in [6.07, 6.45) is 5.45. The van der Waals surface area contributed by atoms with Crippen LogP contribution in [-0.4, -0.2) is 12.6 Å². The molecule has 1 aliphatic carbocycles. The zero-order chi connectivity index (χ0) is 10.5. The summed E-state index contributed by atoms with van der Waals surface area (Å²) in [6, 6.07) is 11.3. The van der Waals surface area contributed by atoms with Crippen LogP contribution in [0.15, 0.2) is 30.3 Å². The maximum absolute atomic E-state index is 3.60. The van der Waals surface area contributed by atoms with E-state index in [0.29, 0.717) is 6.04 Å². The highest BCUT2D eigenvalue weighted by atomic mass is 14.9. The minimum atomic E-state index is 0.603. The lowest BCUT2D eigenvalue weighted by Crippen LogP contribution is -2.29. The summed E-state index contributed by atoms with van der Waals surface area (Å²) in [7, 11) is 0. The number of hydrogen-bond acceptors (Lipinski definition) is 1. The standard InChI is InChI=1S/C14H21N/c1-12(15-10-9-13-7-8-13)11-14-5-3-2-4-6-14/h2-6,12-13,15H,7-11H2,1H3. The zero-order valence-corrected chi connectivity index (χ0v) is 9.58. The van der Waals surface area contributed by atoms with Gasteiger partial charge in [-0.05, 0) is 37.8 Å². The Morgan fingerprint density at radius 2 is 2.00 bits per heavy atom. The summed E-state index contributed by atoms with van der Waals surface area (Å²) >= 11 is 0. The van der Waals surface area contributed by atoms with Crippen LogP contribution < -0.4 is 5.32 Å². The number of nitrogens with one attached hydrogen (secondary N) is 1. The molecule has 1 fully saturated rings. The molecule has 0 aliphatic heterocycles. The average molecular weight is 203 g/mol. The minimum absolute atomic E-state index is 0.603. The summed E-state index contributed by atoms with van der Waals surface area (Å²) in [4.78, 5) is 0. The quantitative estimate of drug-likeness (QED) is 0.749. The van der Waals surface area contributed by atoms with Gasteiger partial charge >= 0.3 is 0 Å². The smallest absolute Gasteiger partial charge is 0.00791 e. The van der Waals surface area contributed by atoms with Gasteiger partial charge in [0, 0.05) is 6.04 Å². The Morgan fingerprint density at radius 1 is 1.27 bits per heavy atom. The van der Waals surface area contributed by atoms with E-state index in [4.69, 9.17) is 0 Å². The number of hydrogen-bond donors (Lipinski definition) is 1. The third-order valence-electron chi connectivity index (χ3n) is 3.13. The van der Waals surface area contributed by atoms with Gasteiger partial charge in [-0.15, -0.1) is 0 Å². The molecule has 0 radical (unpaired) electrons. The van der Waals surface area contributed by atoms with Crippen molar-refractivity contribution in [1.29, 1.82) is 0 Å². The van der Waals surface area contributed by atoms with Gasteiger partial charge in [0.25, 0.3) is 0 Å². The molecule has 1 aromatic rings. The first-order valence-corrected chi connectivity index (χ1v) is 6.12. The molecule has 1 heteroatoms. The van der Waals surface area contributed by atoms with E-state index in [0.717, 1.165) is 12.3 Å². The SMILES string of the molecule is CC(Cc1ccccc1)NCCC1CC1. The molecule has 0 bridgehead atoms. The van der Waals surface area contributed by atoms with E-state index in [9.17, 15) is 0 Å². The first-order chi connectivity index (χ1) is 7.34. The Bertz CT molecular complexity index is 277. The first kappa shape index (κ1) is 10.7. The summed E-state index contributed by atoms with van der Waals surface area (Å²) < 4.78 is 0. The third-order valence-corrected chi connectivity index (χ3v) is 3.13. The van der Waals surface area contributed by atoms with E-state index in [2.05, 4.69) is 42.6 Å². The van der Waals surface area contributed by atoms with E-state index in [1.54, 1.807) is 0 Å². The van der Waals surface area contributed by atoms with Gasteiger partial charge in [0.2, 0.25) is 0 Å². The van der Waals surface area contributed by atoms with Crippen LogP contribution in [0.5, 0.6) is 0 Å². The van der Waals surface area contributed by atoms with Crippen molar-refractivity contribution in [3.05, 3.63) is 35.9 Å². The van der Waals surface area contributed by atoms with Crippen molar-refractivity contribution in [3.63, 3.8) is 0 Å². The van der Waals surface area contributed by atoms with Crippen LogP contribution in [0, 0.1) is 5.92 Å². The minimum Gasteiger partial charge on any atom is -0.314 e. The molecular formula is C14H21N. The highest BCUT2D eigenvalue weighted by molar-refractivity contribution is 5.15. The van der Waals surface area contributed by atoms with Gasteiger partial charge in [-0.2, -0.15) is 0 Å². The Labute approximate surface area is 92.9 Å². The molecule has 82 valence electrons. The van der Waals surface area contributed by atoms with Crippen molar-refractivity contribution < 1.29 is 0 Å². The summed E-state index contributed by atoms with van der Waals surface area (Å²) in [5.41, 5.74) is 1.43. The number of benzene rings is 1. The van der Waals surface area contributed by atoms with E-state index < -0.39 is 0 Å². The summed E-state index contributed by atoms with van der Waals surface area (Å²) in [6.45, 7) is 3.47. The maximum atomic E-state index is 3.60. The predicted octanol–water partition coefficient (Wildman–Crippen LogP) is 3.01. The maximum Gasteiger partial charge on any atom is 0.00791 e. The molecule has 2 rings (SSSR count). The van der Waals surface area contributed by atoms with Crippen LogP contribution in [0.2, 0.25) is 0 Å². The Kier molecular flexibility index (Phi) is 3.79. The fraction of sp³-hybridized carbons (Fsp3) is 0.571. The van der Waals surface area contributed by atoms with Crippen LogP contribution in [0.1, 0.15) is 31.7 Å². The van der Waals surface area contributed by atoms with E-state index in [1.807, 2.05) is 0 Å². The van der Waals surface area contributed by atoms with E-state index in [1.165, 1.54) is 31.4 Å². The summed E-state index contributed by atoms with van der Waals surface area (Å²) in [5, 5.41) is 3.60. The molecule has 1 N–H and O–H groups in total. The normalized spacial score (nSPS) is 17.7. The molecule has 1 aromatic carbocycles. The van der Waals surface area contributed by atoms with Gasteiger partial charge in [0.1, 0.15) is 0 Å². The Morgan fingerprint density at radius 3 is 2.67 bits per heavy atom. The highest BCUT2D eigenvalue weighted by Gasteiger charge is 2.20. The van der Waals surface area contributed by atoms with Gasteiger partial charge < -0.3 is 5.32 Å². The molecule has 1 aliphatic rings. The van der Waals surface area contributed by atoms with Crippen LogP contribution >= 0.6 is 0 Å². The van der Waals surface area contributed by atoms with Crippen molar-refractivity contribution in [2.24, 2.45) is 5.92 Å². The fourth-order valence-corrected chi connectivity index (χ4v) is 1.98. The predicted molar refractivity (Wildman–Crippen MR) is 65.0 cm³/mol. The van der Waals surface area contributed by atoms with Gasteiger partial charge in [-0.1, -0.05) is 43.2 Å². The fourth-order valence-electron chi connectivity index (χ4n) is 1.98. The monoisotopic (exact) mass is 203 g/mol. The average Bonchev–Trinajstić information content (AvgIpc) is 3.03. The second-order valence-electron chi connectivity index (χ2n) is 4.78. The molecule has 1 atom stereocenters. The van der Waals surface area contributed by atoms with Crippen LogP contribution in [0.4, 0.5) is 0 Å². The van der Waals surface area contributed by atoms with Gasteiger partial charge in [0.15, 0.2) is 0 Å². The lowest BCUT2D eigenvalue weighted by molar-refractivity contribution is 0.519. The van der Waals surface area contributed by atoms with Crippen molar-refractivity contribution in [1.82, 2.24) is 5.32 Å². The molecule has 1 nitrogen and oxygen atoms in total. The second-order valence-corrected chi connectivity index (χ2v) is 4.78. The molecule has 0 amide bonds.